The van der Waals surface area contributed by atoms with E-state index >= 15 is 0 Å². The highest BCUT2D eigenvalue weighted by Gasteiger charge is 2.28. The number of nitrogen functional groups attached to an aromatic ring is 1. The summed E-state index contributed by atoms with van der Waals surface area (Å²) in [6, 6.07) is 7.41. The molecule has 0 bridgehead atoms. The second-order valence-corrected chi connectivity index (χ2v) is 4.37. The van der Waals surface area contributed by atoms with Crippen LogP contribution in [0.3, 0.4) is 0 Å². The van der Waals surface area contributed by atoms with Gasteiger partial charge in [-0.25, -0.2) is 0 Å². The average molecular weight is 215 g/mol. The van der Waals surface area contributed by atoms with Gasteiger partial charge in [0.25, 0.3) is 0 Å². The van der Waals surface area contributed by atoms with Crippen LogP contribution in [0.5, 0.6) is 0 Å². The van der Waals surface area contributed by atoms with Crippen LogP contribution in [0, 0.1) is 12.3 Å². The number of anilines is 1. The molecule has 2 nitrogen and oxygen atoms in total. The molecule has 0 aliphatic carbocycles. The van der Waals surface area contributed by atoms with Crippen LogP contribution < -0.4 is 5.73 Å². The summed E-state index contributed by atoms with van der Waals surface area (Å²) in [5, 5.41) is 0. The van der Waals surface area contributed by atoms with E-state index in [9.17, 15) is 4.79 Å². The molecule has 0 aliphatic heterocycles. The molecule has 0 radical (unpaired) electrons. The molecule has 2 heteroatoms. The van der Waals surface area contributed by atoms with Crippen molar-refractivity contribution in [2.45, 2.75) is 32.1 Å². The smallest absolute Gasteiger partial charge is 0.143 e. The number of carbonyl (C=O) groups excluding carboxylic acids is 1. The van der Waals surface area contributed by atoms with Gasteiger partial charge in [-0.2, -0.15) is 0 Å². The van der Waals surface area contributed by atoms with E-state index < -0.39 is 5.41 Å². The summed E-state index contributed by atoms with van der Waals surface area (Å²) in [4.78, 5) is 12.0. The molecule has 2 N–H and O–H groups in total. The Morgan fingerprint density at radius 2 is 1.94 bits per heavy atom. The molecule has 1 aromatic carbocycles. The van der Waals surface area contributed by atoms with E-state index in [1.807, 2.05) is 38.1 Å². The summed E-state index contributed by atoms with van der Waals surface area (Å²) >= 11 is 0. The number of carbonyl (C=O) groups is 1. The lowest BCUT2D eigenvalue weighted by Gasteiger charge is -2.23. The van der Waals surface area contributed by atoms with Crippen molar-refractivity contribution >= 4 is 11.5 Å². The fourth-order valence-electron chi connectivity index (χ4n) is 1.56. The van der Waals surface area contributed by atoms with Crippen molar-refractivity contribution in [3.63, 3.8) is 0 Å². The van der Waals surface area contributed by atoms with Gasteiger partial charge in [-0.15, -0.1) is 12.3 Å². The van der Waals surface area contributed by atoms with E-state index in [0.29, 0.717) is 18.5 Å². The fraction of sp³-hybridized carbons (Fsp3) is 0.357. The van der Waals surface area contributed by atoms with Crippen molar-refractivity contribution in [2.24, 2.45) is 0 Å². The van der Waals surface area contributed by atoms with Crippen LogP contribution in [0.15, 0.2) is 24.3 Å². The lowest BCUT2D eigenvalue weighted by atomic mass is 9.79. The van der Waals surface area contributed by atoms with Gasteiger partial charge in [0.15, 0.2) is 0 Å². The summed E-state index contributed by atoms with van der Waals surface area (Å²) in [5.41, 5.74) is 6.80. The Kier molecular flexibility index (Phi) is 3.73. The Hall–Kier alpha value is -1.75. The SMILES string of the molecule is C#CCCC(=O)C(C)(C)c1ccc(N)cc1. The third kappa shape index (κ3) is 2.64. The molecule has 0 aliphatic rings. The highest BCUT2D eigenvalue weighted by molar-refractivity contribution is 5.89. The van der Waals surface area contributed by atoms with Gasteiger partial charge < -0.3 is 5.73 Å². The van der Waals surface area contributed by atoms with Crippen molar-refractivity contribution < 1.29 is 4.79 Å². The van der Waals surface area contributed by atoms with Gasteiger partial charge in [0, 0.05) is 23.9 Å². The molecule has 1 rings (SSSR count). The number of terminal acetylenes is 1. The normalized spacial score (nSPS) is 10.8. The first-order chi connectivity index (χ1) is 7.48. The van der Waals surface area contributed by atoms with Crippen LogP contribution in [0.1, 0.15) is 32.3 Å². The number of ketones is 1. The first kappa shape index (κ1) is 12.3. The zero-order valence-electron chi connectivity index (χ0n) is 9.79. The molecule has 0 atom stereocenters. The van der Waals surface area contributed by atoms with Crippen LogP contribution >= 0.6 is 0 Å². The van der Waals surface area contributed by atoms with Crippen LogP contribution in [0.2, 0.25) is 0 Å². The summed E-state index contributed by atoms with van der Waals surface area (Å²) in [6.45, 7) is 3.83. The second-order valence-electron chi connectivity index (χ2n) is 4.37. The van der Waals surface area contributed by atoms with Gasteiger partial charge in [0.2, 0.25) is 0 Å². The average Bonchev–Trinajstić information content (AvgIpc) is 2.26. The largest absolute Gasteiger partial charge is 0.399 e. The summed E-state index contributed by atoms with van der Waals surface area (Å²) in [6.07, 6.45) is 6.08. The van der Waals surface area contributed by atoms with Gasteiger partial charge in [0.05, 0.1) is 0 Å². The zero-order valence-corrected chi connectivity index (χ0v) is 9.79. The Bertz CT molecular complexity index is 409. The van der Waals surface area contributed by atoms with Gasteiger partial charge >= 0.3 is 0 Å². The fourth-order valence-corrected chi connectivity index (χ4v) is 1.56. The Morgan fingerprint density at radius 3 is 2.44 bits per heavy atom. The van der Waals surface area contributed by atoms with Crippen LogP contribution in [0.4, 0.5) is 5.69 Å². The molecule has 84 valence electrons. The van der Waals surface area contributed by atoms with Gasteiger partial charge in [-0.1, -0.05) is 12.1 Å². The Balaban J connectivity index is 2.88. The molecular formula is C14H17NO. The van der Waals surface area contributed by atoms with E-state index in [4.69, 9.17) is 12.2 Å². The molecule has 0 amide bonds. The number of hydrogen-bond donors (Lipinski definition) is 1. The topological polar surface area (TPSA) is 43.1 Å². The van der Waals surface area contributed by atoms with Crippen molar-refractivity contribution in [2.75, 3.05) is 5.73 Å². The van der Waals surface area contributed by atoms with Gasteiger partial charge in [0.1, 0.15) is 5.78 Å². The third-order valence-corrected chi connectivity index (χ3v) is 2.83. The standard InChI is InChI=1S/C14H17NO/c1-4-5-6-13(16)14(2,3)11-7-9-12(15)10-8-11/h1,7-10H,5-6,15H2,2-3H3. The predicted molar refractivity (Wildman–Crippen MR) is 67.0 cm³/mol. The quantitative estimate of drug-likeness (QED) is 0.619. The minimum Gasteiger partial charge on any atom is -0.399 e. The summed E-state index contributed by atoms with van der Waals surface area (Å²) in [7, 11) is 0. The van der Waals surface area contributed by atoms with E-state index in [2.05, 4.69) is 5.92 Å². The monoisotopic (exact) mass is 215 g/mol. The minimum absolute atomic E-state index is 0.162. The van der Waals surface area contributed by atoms with Crippen molar-refractivity contribution in [3.8, 4) is 12.3 Å². The van der Waals surface area contributed by atoms with Crippen LogP contribution in [-0.2, 0) is 10.2 Å². The van der Waals surface area contributed by atoms with Crippen LogP contribution in [-0.4, -0.2) is 5.78 Å². The molecule has 0 aromatic heterocycles. The maximum Gasteiger partial charge on any atom is 0.143 e. The molecule has 0 spiro atoms. The maximum atomic E-state index is 12.0. The molecule has 0 unspecified atom stereocenters. The lowest BCUT2D eigenvalue weighted by Crippen LogP contribution is -2.28. The number of Topliss-reactive ketones (excluding diaryl/α,β-unsaturated/α-hetero) is 1. The van der Waals surface area contributed by atoms with Gasteiger partial charge in [-0.05, 0) is 31.5 Å². The molecule has 16 heavy (non-hydrogen) atoms. The minimum atomic E-state index is -0.495. The molecule has 0 fully saturated rings. The predicted octanol–water partition coefficient (Wildman–Crippen LogP) is 2.53. The Labute approximate surface area is 96.9 Å². The lowest BCUT2D eigenvalue weighted by molar-refractivity contribution is -0.123. The molecule has 0 saturated heterocycles. The molecule has 1 aromatic rings. The number of hydrogen-bond acceptors (Lipinski definition) is 2. The van der Waals surface area contributed by atoms with Gasteiger partial charge in [-0.3, -0.25) is 4.79 Å². The molecular weight excluding hydrogens is 198 g/mol. The third-order valence-electron chi connectivity index (χ3n) is 2.83. The maximum absolute atomic E-state index is 12.0. The van der Waals surface area contributed by atoms with E-state index in [0.717, 1.165) is 5.56 Å². The van der Waals surface area contributed by atoms with Crippen molar-refractivity contribution in [1.82, 2.24) is 0 Å². The number of rotatable bonds is 4. The summed E-state index contributed by atoms with van der Waals surface area (Å²) < 4.78 is 0. The van der Waals surface area contributed by atoms with E-state index in [-0.39, 0.29) is 5.78 Å². The number of benzene rings is 1. The Morgan fingerprint density at radius 1 is 1.38 bits per heavy atom. The molecule has 0 saturated carbocycles. The van der Waals surface area contributed by atoms with Crippen molar-refractivity contribution in [3.05, 3.63) is 29.8 Å². The highest BCUT2D eigenvalue weighted by Crippen LogP contribution is 2.26. The van der Waals surface area contributed by atoms with Crippen molar-refractivity contribution in [1.29, 1.82) is 0 Å². The zero-order chi connectivity index (χ0) is 12.2. The second kappa shape index (κ2) is 4.85. The highest BCUT2D eigenvalue weighted by atomic mass is 16.1. The van der Waals surface area contributed by atoms with Crippen LogP contribution in [0.25, 0.3) is 0 Å². The number of nitrogens with two attached hydrogens (primary N) is 1. The van der Waals surface area contributed by atoms with E-state index in [1.165, 1.54) is 0 Å². The first-order valence-corrected chi connectivity index (χ1v) is 5.31. The molecule has 0 heterocycles. The summed E-state index contributed by atoms with van der Waals surface area (Å²) in [5.74, 6) is 2.65. The first-order valence-electron chi connectivity index (χ1n) is 5.31. The van der Waals surface area contributed by atoms with E-state index in [1.54, 1.807) is 0 Å².